The van der Waals surface area contributed by atoms with Crippen molar-refractivity contribution in [3.8, 4) is 0 Å². The number of thioether (sulfide) groups is 1. The highest BCUT2D eigenvalue weighted by molar-refractivity contribution is 7.98. The van der Waals surface area contributed by atoms with Crippen molar-refractivity contribution in [1.29, 1.82) is 0 Å². The predicted molar refractivity (Wildman–Crippen MR) is 89.1 cm³/mol. The van der Waals surface area contributed by atoms with E-state index in [0.717, 1.165) is 22.4 Å². The van der Waals surface area contributed by atoms with E-state index < -0.39 is 0 Å². The lowest BCUT2D eigenvalue weighted by atomic mass is 10.1. The first-order valence-electron chi connectivity index (χ1n) is 6.83. The third-order valence-electron chi connectivity index (χ3n) is 3.19. The molecule has 0 spiro atoms. The van der Waals surface area contributed by atoms with Gasteiger partial charge in [0.25, 0.3) is 5.91 Å². The van der Waals surface area contributed by atoms with E-state index in [2.05, 4.69) is 19.3 Å². The van der Waals surface area contributed by atoms with Crippen molar-refractivity contribution in [2.45, 2.75) is 26.0 Å². The zero-order valence-electron chi connectivity index (χ0n) is 12.1. The quantitative estimate of drug-likeness (QED) is 0.366. The van der Waals surface area contributed by atoms with Gasteiger partial charge in [0.05, 0.1) is 4.88 Å². The Bertz CT molecular complexity index is 640. The van der Waals surface area contributed by atoms with Gasteiger partial charge in [-0.15, -0.1) is 11.3 Å². The van der Waals surface area contributed by atoms with Gasteiger partial charge in [-0.2, -0.15) is 11.8 Å². The van der Waals surface area contributed by atoms with Crippen LogP contribution in [0.5, 0.6) is 0 Å². The average molecular weight is 326 g/mol. The minimum atomic E-state index is -0.352. The van der Waals surface area contributed by atoms with E-state index in [-0.39, 0.29) is 11.7 Å². The van der Waals surface area contributed by atoms with Gasteiger partial charge in [-0.05, 0) is 35.8 Å². The number of fused-ring (bicyclic) bond motifs is 1. The molecule has 0 fully saturated rings. The Hall–Kier alpha value is -1.11. The second-order valence-electron chi connectivity index (χ2n) is 5.23. The van der Waals surface area contributed by atoms with Gasteiger partial charge in [0.1, 0.15) is 5.82 Å². The lowest BCUT2D eigenvalue weighted by Gasteiger charge is -2.06. The van der Waals surface area contributed by atoms with Gasteiger partial charge in [0, 0.05) is 15.8 Å². The summed E-state index contributed by atoms with van der Waals surface area (Å²) in [6.45, 7) is 4.35. The molecule has 0 bridgehead atoms. The molecule has 0 radical (unpaired) electrons. The molecule has 114 valence electrons. The molecule has 2 aromatic rings. The average Bonchev–Trinajstić information content (AvgIpc) is 2.82. The Balaban J connectivity index is 2.31. The number of amides is 1. The van der Waals surface area contributed by atoms with Crippen molar-refractivity contribution in [3.63, 3.8) is 0 Å². The number of carbonyl (C=O) groups is 1. The van der Waals surface area contributed by atoms with Gasteiger partial charge in [-0.3, -0.25) is 10.2 Å². The van der Waals surface area contributed by atoms with Gasteiger partial charge >= 0.3 is 0 Å². The number of benzene rings is 1. The van der Waals surface area contributed by atoms with E-state index in [9.17, 15) is 9.18 Å². The molecule has 0 aliphatic carbocycles. The van der Waals surface area contributed by atoms with Crippen LogP contribution in [0.25, 0.3) is 10.1 Å². The zero-order chi connectivity index (χ0) is 15.4. The summed E-state index contributed by atoms with van der Waals surface area (Å²) in [4.78, 5) is 12.4. The lowest BCUT2D eigenvalue weighted by Crippen LogP contribution is -2.29. The third kappa shape index (κ3) is 3.75. The molecule has 0 atom stereocenters. The summed E-state index contributed by atoms with van der Waals surface area (Å²) in [5.41, 5.74) is 2.90. The standard InChI is InChI=1S/C15H19FN2OS2/c1-9(2)6-7-20-8-10-13-11(16)4-3-5-12(13)21-14(10)15(19)18-17/h3-5,9H,6-8,17H2,1-2H3,(H,18,19). The number of nitrogen functional groups attached to an aromatic ring is 1. The zero-order valence-corrected chi connectivity index (χ0v) is 13.7. The molecule has 3 N–H and O–H groups in total. The van der Waals surface area contributed by atoms with Crippen LogP contribution in [0.15, 0.2) is 18.2 Å². The van der Waals surface area contributed by atoms with E-state index >= 15 is 0 Å². The van der Waals surface area contributed by atoms with Crippen molar-refractivity contribution in [2.24, 2.45) is 11.8 Å². The molecule has 0 unspecified atom stereocenters. The molecule has 0 saturated carbocycles. The lowest BCUT2D eigenvalue weighted by molar-refractivity contribution is 0.0957. The Labute approximate surface area is 132 Å². The molecular formula is C15H19FN2OS2. The summed E-state index contributed by atoms with van der Waals surface area (Å²) in [7, 11) is 0. The van der Waals surface area contributed by atoms with Gasteiger partial charge < -0.3 is 0 Å². The molecule has 1 aromatic carbocycles. The van der Waals surface area contributed by atoms with Crippen LogP contribution in [-0.4, -0.2) is 11.7 Å². The first-order chi connectivity index (χ1) is 10.0. The van der Waals surface area contributed by atoms with Crippen LogP contribution >= 0.6 is 23.1 Å². The maximum Gasteiger partial charge on any atom is 0.275 e. The monoisotopic (exact) mass is 326 g/mol. The number of nitrogens with one attached hydrogen (secondary N) is 1. The number of thiophene rings is 1. The SMILES string of the molecule is CC(C)CCSCc1c(C(=O)NN)sc2cccc(F)c12. The van der Waals surface area contributed by atoms with E-state index in [1.54, 1.807) is 17.8 Å². The van der Waals surface area contributed by atoms with E-state index in [1.165, 1.54) is 17.4 Å². The highest BCUT2D eigenvalue weighted by atomic mass is 32.2. The molecule has 1 amide bonds. The Morgan fingerprint density at radius 3 is 2.90 bits per heavy atom. The van der Waals surface area contributed by atoms with Crippen LogP contribution in [0, 0.1) is 11.7 Å². The first-order valence-corrected chi connectivity index (χ1v) is 8.80. The molecule has 1 heterocycles. The molecule has 3 nitrogen and oxygen atoms in total. The van der Waals surface area contributed by atoms with E-state index in [4.69, 9.17) is 5.84 Å². The fourth-order valence-electron chi connectivity index (χ4n) is 2.05. The highest BCUT2D eigenvalue weighted by Crippen LogP contribution is 2.35. The van der Waals surface area contributed by atoms with E-state index in [0.29, 0.717) is 21.9 Å². The predicted octanol–water partition coefficient (Wildman–Crippen LogP) is 3.92. The van der Waals surface area contributed by atoms with Crippen LogP contribution in [0.4, 0.5) is 4.39 Å². The summed E-state index contributed by atoms with van der Waals surface area (Å²) in [5.74, 6) is 6.86. The molecule has 0 aliphatic rings. The van der Waals surface area contributed by atoms with Crippen molar-refractivity contribution in [1.82, 2.24) is 5.43 Å². The number of hydrogen-bond acceptors (Lipinski definition) is 4. The Kier molecular flexibility index (Phi) is 5.61. The number of rotatable bonds is 6. The minimum Gasteiger partial charge on any atom is -0.289 e. The molecule has 1 aromatic heterocycles. The fourth-order valence-corrected chi connectivity index (χ4v) is 4.55. The number of hydrazine groups is 1. The molecule has 21 heavy (non-hydrogen) atoms. The molecule has 0 saturated heterocycles. The Morgan fingerprint density at radius 1 is 1.48 bits per heavy atom. The van der Waals surface area contributed by atoms with Gasteiger partial charge in [-0.1, -0.05) is 19.9 Å². The van der Waals surface area contributed by atoms with Crippen molar-refractivity contribution in [2.75, 3.05) is 5.75 Å². The number of nitrogens with two attached hydrogens (primary N) is 1. The highest BCUT2D eigenvalue weighted by Gasteiger charge is 2.20. The van der Waals surface area contributed by atoms with Gasteiger partial charge in [-0.25, -0.2) is 10.2 Å². The van der Waals surface area contributed by atoms with E-state index in [1.807, 2.05) is 6.07 Å². The van der Waals surface area contributed by atoms with Crippen molar-refractivity contribution < 1.29 is 9.18 Å². The smallest absolute Gasteiger partial charge is 0.275 e. The number of carbonyl (C=O) groups excluding carboxylic acids is 1. The summed E-state index contributed by atoms with van der Waals surface area (Å²) >= 11 is 3.01. The van der Waals surface area contributed by atoms with Crippen LogP contribution in [0.3, 0.4) is 0 Å². The maximum atomic E-state index is 14.1. The topological polar surface area (TPSA) is 55.1 Å². The molecular weight excluding hydrogens is 307 g/mol. The minimum absolute atomic E-state index is 0.278. The normalized spacial score (nSPS) is 11.3. The second-order valence-corrected chi connectivity index (χ2v) is 7.39. The fraction of sp³-hybridized carbons (Fsp3) is 0.400. The summed E-state index contributed by atoms with van der Waals surface area (Å²) in [6, 6.07) is 4.92. The second kappa shape index (κ2) is 7.24. The van der Waals surface area contributed by atoms with Crippen LogP contribution < -0.4 is 11.3 Å². The van der Waals surface area contributed by atoms with Gasteiger partial charge in [0.15, 0.2) is 0 Å². The van der Waals surface area contributed by atoms with Gasteiger partial charge in [0.2, 0.25) is 0 Å². The molecule has 2 rings (SSSR count). The molecule has 6 heteroatoms. The van der Waals surface area contributed by atoms with Crippen LogP contribution in [0.1, 0.15) is 35.5 Å². The third-order valence-corrected chi connectivity index (χ3v) is 5.40. The summed E-state index contributed by atoms with van der Waals surface area (Å²) in [5, 5.41) is 0.554. The Morgan fingerprint density at radius 2 is 2.24 bits per heavy atom. The summed E-state index contributed by atoms with van der Waals surface area (Å²) in [6.07, 6.45) is 1.10. The molecule has 0 aliphatic heterocycles. The largest absolute Gasteiger partial charge is 0.289 e. The van der Waals surface area contributed by atoms with Crippen molar-refractivity contribution in [3.05, 3.63) is 34.5 Å². The maximum absolute atomic E-state index is 14.1. The van der Waals surface area contributed by atoms with Crippen molar-refractivity contribution >= 4 is 39.1 Å². The number of halogens is 1. The van der Waals surface area contributed by atoms with Crippen LogP contribution in [-0.2, 0) is 5.75 Å². The van der Waals surface area contributed by atoms with Crippen LogP contribution in [0.2, 0.25) is 0 Å². The number of hydrogen-bond donors (Lipinski definition) is 2. The summed E-state index contributed by atoms with van der Waals surface area (Å²) < 4.78 is 14.9. The first kappa shape index (κ1) is 16.3.